The van der Waals surface area contributed by atoms with E-state index in [0.717, 1.165) is 0 Å². The van der Waals surface area contributed by atoms with E-state index in [0.29, 0.717) is 18.0 Å². The molecule has 1 aromatic rings. The molecule has 1 fully saturated rings. The molecule has 5 heteroatoms. The molecule has 0 spiro atoms. The van der Waals surface area contributed by atoms with E-state index in [1.807, 2.05) is 0 Å². The zero-order chi connectivity index (χ0) is 12.6. The number of halogens is 1. The van der Waals surface area contributed by atoms with Gasteiger partial charge in [-0.3, -0.25) is 9.59 Å². The fraction of sp³-hybridized carbons (Fsp3) is 0.333. The Labute approximate surface area is 104 Å². The normalized spacial score (nSPS) is 19.8. The third-order valence-corrected chi connectivity index (χ3v) is 3.20. The average Bonchev–Trinajstić information content (AvgIpc) is 2.62. The molecule has 1 aliphatic heterocycles. The molecule has 0 bridgehead atoms. The van der Waals surface area contributed by atoms with E-state index in [2.05, 4.69) is 0 Å². The molecule has 90 valence electrons. The van der Waals surface area contributed by atoms with E-state index in [9.17, 15) is 14.7 Å². The number of aromatic hydroxyl groups is 1. The maximum absolute atomic E-state index is 12.1. The van der Waals surface area contributed by atoms with Crippen molar-refractivity contribution in [3.8, 4) is 5.75 Å². The maximum Gasteiger partial charge on any atom is 0.233 e. The quantitative estimate of drug-likeness (QED) is 0.645. The molecule has 1 aromatic carbocycles. The molecule has 2 rings (SSSR count). The summed E-state index contributed by atoms with van der Waals surface area (Å²) in [7, 11) is 1.66. The van der Waals surface area contributed by atoms with Gasteiger partial charge in [-0.1, -0.05) is 11.6 Å². The van der Waals surface area contributed by atoms with Crippen LogP contribution in [0, 0.1) is 5.92 Å². The Bertz CT molecular complexity index is 487. The van der Waals surface area contributed by atoms with Crippen molar-refractivity contribution in [3.63, 3.8) is 0 Å². The van der Waals surface area contributed by atoms with E-state index >= 15 is 0 Å². The van der Waals surface area contributed by atoms with Crippen molar-refractivity contribution in [1.82, 2.24) is 4.90 Å². The third-order valence-electron chi connectivity index (χ3n) is 2.97. The van der Waals surface area contributed by atoms with Gasteiger partial charge in [-0.25, -0.2) is 0 Å². The lowest BCUT2D eigenvalue weighted by molar-refractivity contribution is -0.128. The van der Waals surface area contributed by atoms with Crippen molar-refractivity contribution in [1.29, 1.82) is 0 Å². The summed E-state index contributed by atoms with van der Waals surface area (Å²) in [6.07, 6.45) is 0.486. The lowest BCUT2D eigenvalue weighted by Crippen LogP contribution is -2.27. The SMILES string of the molecule is CN1CCC(C(=O)c2cc(Cl)ccc2O)C1=O. The second-order valence-corrected chi connectivity index (χ2v) is 4.56. The van der Waals surface area contributed by atoms with Gasteiger partial charge in [0.25, 0.3) is 0 Å². The van der Waals surface area contributed by atoms with E-state index in [4.69, 9.17) is 11.6 Å². The summed E-state index contributed by atoms with van der Waals surface area (Å²) >= 11 is 5.77. The van der Waals surface area contributed by atoms with Crippen LogP contribution in [0.4, 0.5) is 0 Å². The zero-order valence-corrected chi connectivity index (χ0v) is 10.1. The number of Topliss-reactive ketones (excluding diaryl/α,β-unsaturated/α-hetero) is 1. The van der Waals surface area contributed by atoms with Gasteiger partial charge in [-0.2, -0.15) is 0 Å². The number of nitrogens with zero attached hydrogens (tertiary/aromatic N) is 1. The van der Waals surface area contributed by atoms with Gasteiger partial charge in [0.1, 0.15) is 11.7 Å². The summed E-state index contributed by atoms with van der Waals surface area (Å²) in [6.45, 7) is 0.566. The van der Waals surface area contributed by atoms with Crippen molar-refractivity contribution in [2.75, 3.05) is 13.6 Å². The van der Waals surface area contributed by atoms with Crippen LogP contribution < -0.4 is 0 Å². The van der Waals surface area contributed by atoms with Gasteiger partial charge in [0, 0.05) is 18.6 Å². The van der Waals surface area contributed by atoms with Gasteiger partial charge in [0.15, 0.2) is 5.78 Å². The monoisotopic (exact) mass is 253 g/mol. The zero-order valence-electron chi connectivity index (χ0n) is 9.31. The minimum absolute atomic E-state index is 0.117. The Morgan fingerprint density at radius 1 is 1.53 bits per heavy atom. The number of hydrogen-bond acceptors (Lipinski definition) is 3. The summed E-state index contributed by atoms with van der Waals surface area (Å²) in [5.74, 6) is -1.39. The van der Waals surface area contributed by atoms with Crippen LogP contribution >= 0.6 is 11.6 Å². The molecule has 0 radical (unpaired) electrons. The van der Waals surface area contributed by atoms with Crippen LogP contribution in [0.1, 0.15) is 16.8 Å². The van der Waals surface area contributed by atoms with Crippen LogP contribution in [0.25, 0.3) is 0 Å². The van der Waals surface area contributed by atoms with E-state index in [1.165, 1.54) is 23.1 Å². The number of ketones is 1. The number of phenolic OH excluding ortho intramolecular Hbond substituents is 1. The Kier molecular flexibility index (Phi) is 3.07. The molecule has 0 aromatic heterocycles. The molecule has 1 unspecified atom stereocenters. The standard InChI is InChI=1S/C12H12ClNO3/c1-14-5-4-8(12(14)17)11(16)9-6-7(13)2-3-10(9)15/h2-3,6,8,15H,4-5H2,1H3. The lowest BCUT2D eigenvalue weighted by Gasteiger charge is -2.10. The maximum atomic E-state index is 12.1. The van der Waals surface area contributed by atoms with Crippen molar-refractivity contribution < 1.29 is 14.7 Å². The topological polar surface area (TPSA) is 57.6 Å². The number of hydrogen-bond donors (Lipinski definition) is 1. The second kappa shape index (κ2) is 4.37. The molecule has 1 atom stereocenters. The van der Waals surface area contributed by atoms with Crippen LogP contribution in [-0.2, 0) is 4.79 Å². The molecule has 4 nitrogen and oxygen atoms in total. The number of carbonyl (C=O) groups is 2. The highest BCUT2D eigenvalue weighted by Crippen LogP contribution is 2.28. The fourth-order valence-electron chi connectivity index (χ4n) is 1.96. The molecular formula is C12H12ClNO3. The molecule has 1 N–H and O–H groups in total. The van der Waals surface area contributed by atoms with E-state index in [-0.39, 0.29) is 23.0 Å². The summed E-state index contributed by atoms with van der Waals surface area (Å²) in [6, 6.07) is 4.25. The highest BCUT2D eigenvalue weighted by Gasteiger charge is 2.36. The lowest BCUT2D eigenvalue weighted by atomic mass is 9.96. The van der Waals surface area contributed by atoms with Gasteiger partial charge >= 0.3 is 0 Å². The van der Waals surface area contributed by atoms with Crippen molar-refractivity contribution in [3.05, 3.63) is 28.8 Å². The molecule has 1 heterocycles. The van der Waals surface area contributed by atoms with E-state index in [1.54, 1.807) is 7.05 Å². The molecule has 17 heavy (non-hydrogen) atoms. The highest BCUT2D eigenvalue weighted by atomic mass is 35.5. The summed E-state index contributed by atoms with van der Waals surface area (Å²) in [5, 5.41) is 9.98. The number of phenols is 1. The van der Waals surface area contributed by atoms with Crippen molar-refractivity contribution >= 4 is 23.3 Å². The molecular weight excluding hydrogens is 242 g/mol. The van der Waals surface area contributed by atoms with Gasteiger partial charge in [-0.05, 0) is 24.6 Å². The Balaban J connectivity index is 2.31. The van der Waals surface area contributed by atoms with Crippen LogP contribution in [0.3, 0.4) is 0 Å². The van der Waals surface area contributed by atoms with Gasteiger partial charge in [0.2, 0.25) is 5.91 Å². The van der Waals surface area contributed by atoms with Crippen LogP contribution in [0.2, 0.25) is 5.02 Å². The number of benzene rings is 1. The fourth-order valence-corrected chi connectivity index (χ4v) is 2.13. The van der Waals surface area contributed by atoms with Crippen molar-refractivity contribution in [2.45, 2.75) is 6.42 Å². The predicted octanol–water partition coefficient (Wildman–Crippen LogP) is 1.71. The first-order chi connectivity index (χ1) is 8.00. The minimum Gasteiger partial charge on any atom is -0.507 e. The minimum atomic E-state index is -0.690. The first-order valence-electron chi connectivity index (χ1n) is 5.28. The van der Waals surface area contributed by atoms with E-state index < -0.39 is 5.92 Å². The van der Waals surface area contributed by atoms with Gasteiger partial charge in [0.05, 0.1) is 5.56 Å². The third kappa shape index (κ3) is 2.13. The number of amides is 1. The van der Waals surface area contributed by atoms with Gasteiger partial charge < -0.3 is 10.0 Å². The predicted molar refractivity (Wildman–Crippen MR) is 63.2 cm³/mol. The van der Waals surface area contributed by atoms with Crippen LogP contribution in [-0.4, -0.2) is 35.3 Å². The summed E-state index contributed by atoms with van der Waals surface area (Å²) in [5.41, 5.74) is 0.117. The molecule has 0 saturated carbocycles. The smallest absolute Gasteiger partial charge is 0.233 e. The molecule has 1 aliphatic rings. The second-order valence-electron chi connectivity index (χ2n) is 4.13. The molecule has 0 aliphatic carbocycles. The average molecular weight is 254 g/mol. The highest BCUT2D eigenvalue weighted by molar-refractivity contribution is 6.31. The van der Waals surface area contributed by atoms with Crippen molar-refractivity contribution in [2.24, 2.45) is 5.92 Å². The van der Waals surface area contributed by atoms with Crippen LogP contribution in [0.5, 0.6) is 5.75 Å². The molecule has 1 saturated heterocycles. The number of carbonyl (C=O) groups excluding carboxylic acids is 2. The number of rotatable bonds is 2. The largest absolute Gasteiger partial charge is 0.507 e. The van der Waals surface area contributed by atoms with Gasteiger partial charge in [-0.15, -0.1) is 0 Å². The summed E-state index contributed by atoms with van der Waals surface area (Å²) in [4.78, 5) is 25.3. The summed E-state index contributed by atoms with van der Waals surface area (Å²) < 4.78 is 0. The Morgan fingerprint density at radius 2 is 2.24 bits per heavy atom. The Morgan fingerprint density at radius 3 is 2.82 bits per heavy atom. The number of likely N-dealkylation sites (tertiary alicyclic amines) is 1. The first kappa shape index (κ1) is 11.9. The first-order valence-corrected chi connectivity index (χ1v) is 5.66. The Hall–Kier alpha value is -1.55. The van der Waals surface area contributed by atoms with Crippen LogP contribution in [0.15, 0.2) is 18.2 Å². The molecule has 1 amide bonds.